The first-order valence-corrected chi connectivity index (χ1v) is 15.0. The fourth-order valence-electron chi connectivity index (χ4n) is 4.39. The van der Waals surface area contributed by atoms with Gasteiger partial charge in [-0.15, -0.1) is 11.8 Å². The molecule has 3 amide bonds. The summed E-state index contributed by atoms with van der Waals surface area (Å²) < 4.78 is 10.8. The van der Waals surface area contributed by atoms with Crippen molar-refractivity contribution in [2.75, 3.05) is 30.6 Å². The molecule has 0 unspecified atom stereocenters. The first kappa shape index (κ1) is 31.9. The van der Waals surface area contributed by atoms with Crippen LogP contribution in [-0.2, 0) is 16.0 Å². The number of carbonyl (C=O) groups excluding carboxylic acids is 3. The maximum atomic E-state index is 13.4. The Hall–Kier alpha value is -5.02. The molecule has 0 aromatic heterocycles. The van der Waals surface area contributed by atoms with Crippen LogP contribution < -0.4 is 25.4 Å². The van der Waals surface area contributed by atoms with E-state index < -0.39 is 11.8 Å². The number of methoxy groups -OCH3 is 2. The van der Waals surface area contributed by atoms with Crippen LogP contribution in [0.5, 0.6) is 11.5 Å². The maximum absolute atomic E-state index is 13.4. The third kappa shape index (κ3) is 8.52. The summed E-state index contributed by atoms with van der Waals surface area (Å²) in [4.78, 5) is 40.0. The average molecular weight is 610 g/mol. The van der Waals surface area contributed by atoms with Gasteiger partial charge in [0.05, 0.1) is 20.0 Å². The van der Waals surface area contributed by atoms with Gasteiger partial charge in [0, 0.05) is 33.5 Å². The normalized spacial score (nSPS) is 11.0. The molecule has 8 nitrogen and oxygen atoms in total. The van der Waals surface area contributed by atoms with Gasteiger partial charge in [-0.3, -0.25) is 14.4 Å². The van der Waals surface area contributed by atoms with Crippen LogP contribution in [0.25, 0.3) is 6.08 Å². The molecule has 0 saturated heterocycles. The Morgan fingerprint density at radius 1 is 0.841 bits per heavy atom. The number of thioether (sulfide) groups is 1. The van der Waals surface area contributed by atoms with Gasteiger partial charge in [0.1, 0.15) is 17.2 Å². The van der Waals surface area contributed by atoms with Crippen molar-refractivity contribution in [3.8, 4) is 11.5 Å². The van der Waals surface area contributed by atoms with E-state index in [-0.39, 0.29) is 17.4 Å². The van der Waals surface area contributed by atoms with E-state index in [9.17, 15) is 14.4 Å². The molecule has 4 aromatic carbocycles. The standard InChI is InChI=1S/C35H35N3O5S/c1-5-24-13-9-10-23(2)33(24)38-32(39)22-44-29-18-15-27(16-19-29)36-35(41)30(37-34(40)25-11-7-6-8-12-25)20-26-14-17-28(42-3)21-31(26)43-4/h6-21H,5,22H2,1-4H3,(H,36,41)(H,37,40)(H,38,39)/b30-20-. The Kier molecular flexibility index (Phi) is 11.2. The monoisotopic (exact) mass is 609 g/mol. The maximum Gasteiger partial charge on any atom is 0.272 e. The average Bonchev–Trinajstić information content (AvgIpc) is 3.05. The van der Waals surface area contributed by atoms with Gasteiger partial charge in [0.2, 0.25) is 5.91 Å². The van der Waals surface area contributed by atoms with Gasteiger partial charge in [0.25, 0.3) is 11.8 Å². The van der Waals surface area contributed by atoms with E-state index in [1.807, 2.05) is 43.3 Å². The third-order valence-electron chi connectivity index (χ3n) is 6.76. The fraction of sp³-hybridized carbons (Fsp3) is 0.171. The summed E-state index contributed by atoms with van der Waals surface area (Å²) in [5, 5.41) is 8.62. The van der Waals surface area contributed by atoms with Crippen molar-refractivity contribution in [3.63, 3.8) is 0 Å². The summed E-state index contributed by atoms with van der Waals surface area (Å²) in [5.41, 5.74) is 4.54. The van der Waals surface area contributed by atoms with Gasteiger partial charge in [-0.1, -0.05) is 43.3 Å². The molecule has 0 aliphatic rings. The highest BCUT2D eigenvalue weighted by Crippen LogP contribution is 2.27. The number of rotatable bonds is 12. The minimum atomic E-state index is -0.517. The zero-order valence-corrected chi connectivity index (χ0v) is 25.9. The minimum absolute atomic E-state index is 0.0279. The van der Waals surface area contributed by atoms with Crippen molar-refractivity contribution in [2.45, 2.75) is 25.2 Å². The number of ether oxygens (including phenoxy) is 2. The van der Waals surface area contributed by atoms with Gasteiger partial charge < -0.3 is 25.4 Å². The van der Waals surface area contributed by atoms with E-state index in [1.54, 1.807) is 67.8 Å². The van der Waals surface area contributed by atoms with Crippen LogP contribution >= 0.6 is 11.8 Å². The second-order valence-corrected chi connectivity index (χ2v) is 10.8. The molecule has 0 aliphatic carbocycles. The molecule has 4 aromatic rings. The molecular weight excluding hydrogens is 574 g/mol. The molecule has 0 saturated carbocycles. The summed E-state index contributed by atoms with van der Waals surface area (Å²) in [6.07, 6.45) is 2.38. The van der Waals surface area contributed by atoms with Gasteiger partial charge in [-0.2, -0.15) is 0 Å². The Balaban J connectivity index is 1.46. The Bertz CT molecular complexity index is 1650. The molecule has 4 rings (SSSR count). The number of amides is 3. The number of carbonyl (C=O) groups is 3. The van der Waals surface area contributed by atoms with E-state index in [2.05, 4.69) is 22.9 Å². The molecule has 0 radical (unpaired) electrons. The predicted octanol–water partition coefficient (Wildman–Crippen LogP) is 6.72. The van der Waals surface area contributed by atoms with Gasteiger partial charge in [-0.25, -0.2) is 0 Å². The largest absolute Gasteiger partial charge is 0.497 e. The molecule has 226 valence electrons. The second-order valence-electron chi connectivity index (χ2n) is 9.76. The van der Waals surface area contributed by atoms with Crippen molar-refractivity contribution < 1.29 is 23.9 Å². The number of hydrogen-bond donors (Lipinski definition) is 3. The molecule has 9 heteroatoms. The number of nitrogens with one attached hydrogen (secondary N) is 3. The van der Waals surface area contributed by atoms with E-state index in [4.69, 9.17) is 9.47 Å². The first-order valence-electron chi connectivity index (χ1n) is 14.0. The Labute approximate surface area is 261 Å². The molecule has 3 N–H and O–H groups in total. The molecule has 0 spiro atoms. The predicted molar refractivity (Wildman–Crippen MR) is 176 cm³/mol. The summed E-state index contributed by atoms with van der Waals surface area (Å²) in [7, 11) is 3.07. The molecule has 0 heterocycles. The van der Waals surface area contributed by atoms with Gasteiger partial charge >= 0.3 is 0 Å². The summed E-state index contributed by atoms with van der Waals surface area (Å²) >= 11 is 1.40. The second kappa shape index (κ2) is 15.5. The first-order chi connectivity index (χ1) is 21.3. The van der Waals surface area contributed by atoms with Crippen molar-refractivity contribution in [1.29, 1.82) is 0 Å². The van der Waals surface area contributed by atoms with Gasteiger partial charge in [-0.05, 0) is 79.1 Å². The number of anilines is 2. The lowest BCUT2D eigenvalue weighted by Gasteiger charge is -2.14. The SMILES string of the molecule is CCc1cccc(C)c1NC(=O)CSc1ccc(NC(=O)/C(=C/c2ccc(OC)cc2OC)NC(=O)c2ccccc2)cc1. The van der Waals surface area contributed by atoms with Crippen LogP contribution in [0.15, 0.2) is 102 Å². The number of hydrogen-bond acceptors (Lipinski definition) is 6. The quantitative estimate of drug-likeness (QED) is 0.122. The fourth-order valence-corrected chi connectivity index (χ4v) is 5.09. The van der Waals surface area contributed by atoms with Crippen LogP contribution in [0.1, 0.15) is 34.0 Å². The summed E-state index contributed by atoms with van der Waals surface area (Å²) in [6, 6.07) is 27.0. The topological polar surface area (TPSA) is 106 Å². The van der Waals surface area contributed by atoms with Crippen molar-refractivity contribution >= 4 is 46.9 Å². The lowest BCUT2D eigenvalue weighted by atomic mass is 10.1. The lowest BCUT2D eigenvalue weighted by molar-refractivity contribution is -0.114. The zero-order valence-electron chi connectivity index (χ0n) is 25.1. The van der Waals surface area contributed by atoms with Crippen LogP contribution in [0.3, 0.4) is 0 Å². The molecule has 44 heavy (non-hydrogen) atoms. The van der Waals surface area contributed by atoms with Crippen LogP contribution in [0, 0.1) is 6.92 Å². The Morgan fingerprint density at radius 2 is 1.59 bits per heavy atom. The Morgan fingerprint density at radius 3 is 2.27 bits per heavy atom. The van der Waals surface area contributed by atoms with Crippen LogP contribution in [0.4, 0.5) is 11.4 Å². The highest BCUT2D eigenvalue weighted by Gasteiger charge is 2.17. The van der Waals surface area contributed by atoms with Crippen molar-refractivity contribution in [2.24, 2.45) is 0 Å². The lowest BCUT2D eigenvalue weighted by Crippen LogP contribution is -2.30. The van der Waals surface area contributed by atoms with E-state index in [0.29, 0.717) is 28.3 Å². The van der Waals surface area contributed by atoms with Crippen molar-refractivity contribution in [1.82, 2.24) is 5.32 Å². The minimum Gasteiger partial charge on any atom is -0.497 e. The molecule has 0 atom stereocenters. The molecule has 0 aliphatic heterocycles. The van der Waals surface area contributed by atoms with E-state index in [1.165, 1.54) is 18.9 Å². The van der Waals surface area contributed by atoms with Crippen molar-refractivity contribution in [3.05, 3.63) is 119 Å². The molecular formula is C35H35N3O5S. The summed E-state index contributed by atoms with van der Waals surface area (Å²) in [5.74, 6) is 0.273. The number of aryl methyl sites for hydroxylation is 2. The smallest absolute Gasteiger partial charge is 0.272 e. The molecule has 0 bridgehead atoms. The van der Waals surface area contributed by atoms with Crippen LogP contribution in [-0.4, -0.2) is 37.7 Å². The number of benzene rings is 4. The number of para-hydroxylation sites is 1. The highest BCUT2D eigenvalue weighted by atomic mass is 32.2. The van der Waals surface area contributed by atoms with Gasteiger partial charge in [0.15, 0.2) is 0 Å². The highest BCUT2D eigenvalue weighted by molar-refractivity contribution is 8.00. The van der Waals surface area contributed by atoms with E-state index in [0.717, 1.165) is 28.1 Å². The molecule has 0 fully saturated rings. The summed E-state index contributed by atoms with van der Waals surface area (Å²) in [6.45, 7) is 4.04. The van der Waals surface area contributed by atoms with Crippen LogP contribution in [0.2, 0.25) is 0 Å². The zero-order chi connectivity index (χ0) is 31.5. The van der Waals surface area contributed by atoms with E-state index >= 15 is 0 Å². The third-order valence-corrected chi connectivity index (χ3v) is 7.77.